The molecular weight excluding hydrogens is 417 g/mol. The van der Waals surface area contributed by atoms with Gasteiger partial charge in [0.25, 0.3) is 0 Å². The van der Waals surface area contributed by atoms with Crippen molar-refractivity contribution in [3.8, 4) is 0 Å². The predicted molar refractivity (Wildman–Crippen MR) is 110 cm³/mol. The van der Waals surface area contributed by atoms with Crippen molar-refractivity contribution < 1.29 is 4.79 Å². The third kappa shape index (κ3) is 6.74. The Morgan fingerprint density at radius 3 is 2.46 bits per heavy atom. The largest absolute Gasteiger partial charge is 0.357 e. The van der Waals surface area contributed by atoms with E-state index in [1.807, 2.05) is 4.90 Å². The number of guanidine groups is 1. The number of amides is 1. The van der Waals surface area contributed by atoms with Gasteiger partial charge in [0.05, 0.1) is 6.54 Å². The SMILES string of the molecule is CCNC(=NCCN1CCN(C(C)=O)CC1)N1CCCC(C)C1.I. The zero-order valence-electron chi connectivity index (χ0n) is 15.5. The van der Waals surface area contributed by atoms with Gasteiger partial charge in [0.15, 0.2) is 5.96 Å². The number of hydrogen-bond acceptors (Lipinski definition) is 3. The Bertz CT molecular complexity index is 410. The number of carbonyl (C=O) groups is 1. The highest BCUT2D eigenvalue weighted by Crippen LogP contribution is 2.15. The van der Waals surface area contributed by atoms with Gasteiger partial charge in [-0.25, -0.2) is 0 Å². The van der Waals surface area contributed by atoms with Crippen LogP contribution in [0.5, 0.6) is 0 Å². The number of likely N-dealkylation sites (tertiary alicyclic amines) is 1. The van der Waals surface area contributed by atoms with Crippen LogP contribution in [0.2, 0.25) is 0 Å². The zero-order valence-corrected chi connectivity index (χ0v) is 17.8. The van der Waals surface area contributed by atoms with Gasteiger partial charge in [0.1, 0.15) is 0 Å². The van der Waals surface area contributed by atoms with Crippen molar-refractivity contribution in [2.75, 3.05) is 58.9 Å². The first-order valence-electron chi connectivity index (χ1n) is 9.11. The molecule has 0 bridgehead atoms. The van der Waals surface area contributed by atoms with E-state index in [1.54, 1.807) is 6.92 Å². The lowest BCUT2D eigenvalue weighted by Crippen LogP contribution is -2.49. The van der Waals surface area contributed by atoms with Crippen molar-refractivity contribution >= 4 is 35.8 Å². The molecule has 2 rings (SSSR count). The van der Waals surface area contributed by atoms with Gasteiger partial charge in [-0.05, 0) is 25.7 Å². The quantitative estimate of drug-likeness (QED) is 0.400. The molecule has 2 heterocycles. The molecule has 0 saturated carbocycles. The van der Waals surface area contributed by atoms with Crippen molar-refractivity contribution in [2.45, 2.75) is 33.6 Å². The summed E-state index contributed by atoms with van der Waals surface area (Å²) in [7, 11) is 0. The fourth-order valence-corrected chi connectivity index (χ4v) is 3.39. The highest BCUT2D eigenvalue weighted by atomic mass is 127. The van der Waals surface area contributed by atoms with E-state index in [1.165, 1.54) is 12.8 Å². The third-order valence-corrected chi connectivity index (χ3v) is 4.79. The maximum atomic E-state index is 11.4. The Balaban J connectivity index is 0.00000288. The van der Waals surface area contributed by atoms with E-state index in [4.69, 9.17) is 4.99 Å². The first-order chi connectivity index (χ1) is 11.1. The maximum absolute atomic E-state index is 11.4. The minimum atomic E-state index is 0. The van der Waals surface area contributed by atoms with Crippen LogP contribution in [0.25, 0.3) is 0 Å². The zero-order chi connectivity index (χ0) is 16.7. The predicted octanol–water partition coefficient (Wildman–Crippen LogP) is 1.47. The van der Waals surface area contributed by atoms with Gasteiger partial charge in [0.2, 0.25) is 5.91 Å². The van der Waals surface area contributed by atoms with Crippen LogP contribution >= 0.6 is 24.0 Å². The van der Waals surface area contributed by atoms with Crippen LogP contribution < -0.4 is 5.32 Å². The lowest BCUT2D eigenvalue weighted by molar-refractivity contribution is -0.130. The third-order valence-electron chi connectivity index (χ3n) is 4.79. The van der Waals surface area contributed by atoms with E-state index in [9.17, 15) is 4.79 Å². The van der Waals surface area contributed by atoms with Crippen LogP contribution in [0.15, 0.2) is 4.99 Å². The number of nitrogens with one attached hydrogen (secondary N) is 1. The summed E-state index contributed by atoms with van der Waals surface area (Å²) in [5.74, 6) is 2.02. The number of aliphatic imine (C=N–C) groups is 1. The number of carbonyl (C=O) groups excluding carboxylic acids is 1. The second-order valence-corrected chi connectivity index (χ2v) is 6.78. The number of nitrogens with zero attached hydrogens (tertiary/aromatic N) is 4. The van der Waals surface area contributed by atoms with Crippen LogP contribution in [0.3, 0.4) is 0 Å². The summed E-state index contributed by atoms with van der Waals surface area (Å²) in [5, 5.41) is 3.44. The van der Waals surface area contributed by atoms with Crippen LogP contribution in [-0.4, -0.2) is 85.5 Å². The summed E-state index contributed by atoms with van der Waals surface area (Å²) in [4.78, 5) is 22.9. The van der Waals surface area contributed by atoms with Crippen molar-refractivity contribution in [1.29, 1.82) is 0 Å². The summed E-state index contributed by atoms with van der Waals surface area (Å²) in [6, 6.07) is 0. The van der Waals surface area contributed by atoms with E-state index in [2.05, 4.69) is 29.0 Å². The molecule has 1 unspecified atom stereocenters. The summed E-state index contributed by atoms with van der Waals surface area (Å²) < 4.78 is 0. The molecule has 2 saturated heterocycles. The molecule has 2 aliphatic heterocycles. The van der Waals surface area contributed by atoms with Crippen LogP contribution in [0.1, 0.15) is 33.6 Å². The van der Waals surface area contributed by atoms with Crippen LogP contribution in [0, 0.1) is 5.92 Å². The molecule has 7 heteroatoms. The van der Waals surface area contributed by atoms with Gasteiger partial charge in [-0.3, -0.25) is 14.7 Å². The molecule has 0 spiro atoms. The normalized spacial score (nSPS) is 23.0. The molecule has 140 valence electrons. The number of rotatable bonds is 4. The van der Waals surface area contributed by atoms with Crippen molar-refractivity contribution in [2.24, 2.45) is 10.9 Å². The molecule has 1 N–H and O–H groups in total. The van der Waals surface area contributed by atoms with Gasteiger partial charge in [0, 0.05) is 59.3 Å². The van der Waals surface area contributed by atoms with E-state index in [-0.39, 0.29) is 29.9 Å². The average molecular weight is 451 g/mol. The molecule has 0 aliphatic carbocycles. The topological polar surface area (TPSA) is 51.2 Å². The molecule has 1 amide bonds. The Labute approximate surface area is 164 Å². The Morgan fingerprint density at radius 2 is 1.88 bits per heavy atom. The molecular formula is C17H34IN5O. The lowest BCUT2D eigenvalue weighted by atomic mass is 10.0. The smallest absolute Gasteiger partial charge is 0.219 e. The van der Waals surface area contributed by atoms with E-state index in [0.29, 0.717) is 0 Å². The minimum Gasteiger partial charge on any atom is -0.357 e. The monoisotopic (exact) mass is 451 g/mol. The number of piperidine rings is 1. The maximum Gasteiger partial charge on any atom is 0.219 e. The van der Waals surface area contributed by atoms with Gasteiger partial charge in [-0.2, -0.15) is 0 Å². The molecule has 2 aliphatic rings. The second kappa shape index (κ2) is 11.1. The summed E-state index contributed by atoms with van der Waals surface area (Å²) in [6.07, 6.45) is 2.59. The summed E-state index contributed by atoms with van der Waals surface area (Å²) >= 11 is 0. The highest BCUT2D eigenvalue weighted by Gasteiger charge is 2.20. The number of halogens is 1. The van der Waals surface area contributed by atoms with Gasteiger partial charge in [-0.15, -0.1) is 24.0 Å². The molecule has 0 aromatic rings. The van der Waals surface area contributed by atoms with Crippen LogP contribution in [0.4, 0.5) is 0 Å². The molecule has 0 aromatic heterocycles. The van der Waals surface area contributed by atoms with Gasteiger partial charge >= 0.3 is 0 Å². The summed E-state index contributed by atoms with van der Waals surface area (Å²) in [5.41, 5.74) is 0. The van der Waals surface area contributed by atoms with Crippen molar-refractivity contribution in [3.05, 3.63) is 0 Å². The molecule has 0 radical (unpaired) electrons. The molecule has 1 atom stereocenters. The Hall–Kier alpha value is -0.570. The molecule has 0 aromatic carbocycles. The van der Waals surface area contributed by atoms with Gasteiger partial charge in [-0.1, -0.05) is 6.92 Å². The molecule has 24 heavy (non-hydrogen) atoms. The number of piperazine rings is 1. The number of hydrogen-bond donors (Lipinski definition) is 1. The van der Waals surface area contributed by atoms with E-state index >= 15 is 0 Å². The summed E-state index contributed by atoms with van der Waals surface area (Å²) in [6.45, 7) is 14.7. The average Bonchev–Trinajstić information content (AvgIpc) is 2.54. The Morgan fingerprint density at radius 1 is 1.17 bits per heavy atom. The van der Waals surface area contributed by atoms with Gasteiger partial charge < -0.3 is 15.1 Å². The molecule has 2 fully saturated rings. The molecule has 6 nitrogen and oxygen atoms in total. The van der Waals surface area contributed by atoms with Crippen molar-refractivity contribution in [1.82, 2.24) is 20.0 Å². The standard InChI is InChI=1S/C17H33N5O.HI/c1-4-18-17(22-8-5-6-15(2)14-22)19-7-9-20-10-12-21(13-11-20)16(3)23;/h15H,4-14H2,1-3H3,(H,18,19);1H. The van der Waals surface area contributed by atoms with Crippen molar-refractivity contribution in [3.63, 3.8) is 0 Å². The minimum absolute atomic E-state index is 0. The first kappa shape index (κ1) is 21.5. The fraction of sp³-hybridized carbons (Fsp3) is 0.882. The van der Waals surface area contributed by atoms with E-state index in [0.717, 1.165) is 70.8 Å². The van der Waals surface area contributed by atoms with Crippen LogP contribution in [-0.2, 0) is 4.79 Å². The Kier molecular flexibility index (Phi) is 9.95. The second-order valence-electron chi connectivity index (χ2n) is 6.78. The lowest BCUT2D eigenvalue weighted by Gasteiger charge is -2.35. The highest BCUT2D eigenvalue weighted by molar-refractivity contribution is 14.0. The fourth-order valence-electron chi connectivity index (χ4n) is 3.39. The van der Waals surface area contributed by atoms with E-state index < -0.39 is 0 Å². The first-order valence-corrected chi connectivity index (χ1v) is 9.11.